The predicted octanol–water partition coefficient (Wildman–Crippen LogP) is 3.13. The van der Waals surface area contributed by atoms with Crippen molar-refractivity contribution in [3.63, 3.8) is 0 Å². The van der Waals surface area contributed by atoms with Crippen molar-refractivity contribution in [1.29, 1.82) is 0 Å². The molecular weight excluding hydrogens is 364 g/mol. The van der Waals surface area contributed by atoms with Crippen molar-refractivity contribution in [2.24, 2.45) is 0 Å². The first-order valence-electron chi connectivity index (χ1n) is 8.88. The second-order valence-electron chi connectivity index (χ2n) is 6.21. The van der Waals surface area contributed by atoms with Crippen LogP contribution < -0.4 is 4.72 Å². The van der Waals surface area contributed by atoms with E-state index in [2.05, 4.69) is 4.72 Å². The van der Waals surface area contributed by atoms with E-state index in [0.29, 0.717) is 37.4 Å². The molecule has 0 atom stereocenters. The molecule has 0 saturated carbocycles. The van der Waals surface area contributed by atoms with E-state index in [1.807, 2.05) is 30.3 Å². The summed E-state index contributed by atoms with van der Waals surface area (Å²) in [6.45, 7) is 3.11. The lowest BCUT2D eigenvalue weighted by molar-refractivity contribution is 0.0680. The van der Waals surface area contributed by atoms with Crippen LogP contribution in [0.4, 0.5) is 5.69 Å². The van der Waals surface area contributed by atoms with Gasteiger partial charge >= 0.3 is 0 Å². The summed E-state index contributed by atoms with van der Waals surface area (Å²) in [6.07, 6.45) is 0.524. The number of hydrogen-bond acceptors (Lipinski definition) is 4. The molecule has 0 unspecified atom stereocenters. The standard InChI is InChI=1S/C20H26N2O4S/c1-3-14-27(24,25)21-19-11-7-10-18(15-19)20(23)22(12-13-26-2)16-17-8-5-4-6-9-17/h4-11,15,21H,3,12-14,16H2,1-2H3. The van der Waals surface area contributed by atoms with E-state index >= 15 is 0 Å². The number of rotatable bonds is 10. The number of nitrogens with one attached hydrogen (secondary N) is 1. The maximum atomic E-state index is 13.0. The van der Waals surface area contributed by atoms with Gasteiger partial charge in [-0.3, -0.25) is 9.52 Å². The number of benzene rings is 2. The second kappa shape index (κ2) is 10.1. The number of carbonyl (C=O) groups excluding carboxylic acids is 1. The first-order valence-corrected chi connectivity index (χ1v) is 10.5. The van der Waals surface area contributed by atoms with E-state index in [0.717, 1.165) is 5.56 Å². The zero-order valence-electron chi connectivity index (χ0n) is 15.7. The fourth-order valence-electron chi connectivity index (χ4n) is 2.66. The highest BCUT2D eigenvalue weighted by molar-refractivity contribution is 7.92. The van der Waals surface area contributed by atoms with Gasteiger partial charge in [-0.05, 0) is 30.2 Å². The van der Waals surface area contributed by atoms with Crippen molar-refractivity contribution < 1.29 is 17.9 Å². The van der Waals surface area contributed by atoms with Gasteiger partial charge in [0, 0.05) is 31.5 Å². The van der Waals surface area contributed by atoms with Gasteiger partial charge in [0.15, 0.2) is 0 Å². The van der Waals surface area contributed by atoms with Crippen LogP contribution in [0.25, 0.3) is 0 Å². The molecule has 0 aliphatic carbocycles. The van der Waals surface area contributed by atoms with Crippen molar-refractivity contribution in [3.05, 3.63) is 65.7 Å². The number of ether oxygens (including phenoxy) is 1. The molecule has 27 heavy (non-hydrogen) atoms. The molecule has 0 aliphatic heterocycles. The lowest BCUT2D eigenvalue weighted by atomic mass is 10.1. The molecule has 1 amide bonds. The molecule has 0 saturated heterocycles. The van der Waals surface area contributed by atoms with Crippen LogP contribution in [0.1, 0.15) is 29.3 Å². The molecule has 0 aliphatic rings. The van der Waals surface area contributed by atoms with Gasteiger partial charge in [0.25, 0.3) is 5.91 Å². The first-order chi connectivity index (χ1) is 12.9. The molecule has 0 spiro atoms. The van der Waals surface area contributed by atoms with Gasteiger partial charge in [-0.1, -0.05) is 43.3 Å². The van der Waals surface area contributed by atoms with E-state index in [9.17, 15) is 13.2 Å². The fraction of sp³-hybridized carbons (Fsp3) is 0.350. The Bertz CT molecular complexity index is 838. The van der Waals surface area contributed by atoms with Crippen LogP contribution in [-0.2, 0) is 21.3 Å². The number of carbonyl (C=O) groups is 1. The Labute approximate surface area is 161 Å². The van der Waals surface area contributed by atoms with Gasteiger partial charge in [0.1, 0.15) is 0 Å². The number of anilines is 1. The number of methoxy groups -OCH3 is 1. The Morgan fingerprint density at radius 1 is 1.11 bits per heavy atom. The van der Waals surface area contributed by atoms with Crippen LogP contribution in [0.2, 0.25) is 0 Å². The average molecular weight is 391 g/mol. The molecule has 0 fully saturated rings. The summed E-state index contributed by atoms with van der Waals surface area (Å²) in [6, 6.07) is 16.3. The third kappa shape index (κ3) is 6.69. The molecule has 0 aromatic heterocycles. The summed E-state index contributed by atoms with van der Waals surface area (Å²) in [5.41, 5.74) is 1.83. The van der Waals surface area contributed by atoms with Crippen LogP contribution in [-0.4, -0.2) is 45.2 Å². The number of hydrogen-bond donors (Lipinski definition) is 1. The molecule has 146 valence electrons. The zero-order chi connectivity index (χ0) is 19.7. The van der Waals surface area contributed by atoms with Gasteiger partial charge in [-0.15, -0.1) is 0 Å². The minimum atomic E-state index is -3.41. The molecule has 0 bridgehead atoms. The van der Waals surface area contributed by atoms with Crippen molar-refractivity contribution in [2.45, 2.75) is 19.9 Å². The van der Waals surface area contributed by atoms with E-state index < -0.39 is 10.0 Å². The average Bonchev–Trinajstić information content (AvgIpc) is 2.65. The monoisotopic (exact) mass is 390 g/mol. The molecule has 6 nitrogen and oxygen atoms in total. The third-order valence-electron chi connectivity index (χ3n) is 3.92. The molecule has 0 heterocycles. The fourth-order valence-corrected chi connectivity index (χ4v) is 3.78. The maximum Gasteiger partial charge on any atom is 0.254 e. The van der Waals surface area contributed by atoms with Crippen molar-refractivity contribution in [2.75, 3.05) is 30.7 Å². The number of amides is 1. The second-order valence-corrected chi connectivity index (χ2v) is 8.05. The lowest BCUT2D eigenvalue weighted by Crippen LogP contribution is -2.33. The Hall–Kier alpha value is -2.38. The van der Waals surface area contributed by atoms with Crippen LogP contribution in [0.3, 0.4) is 0 Å². The Morgan fingerprint density at radius 3 is 2.52 bits per heavy atom. The molecule has 7 heteroatoms. The van der Waals surface area contributed by atoms with Gasteiger partial charge in [-0.25, -0.2) is 8.42 Å². The Morgan fingerprint density at radius 2 is 1.85 bits per heavy atom. The van der Waals surface area contributed by atoms with Crippen LogP contribution in [0.5, 0.6) is 0 Å². The predicted molar refractivity (Wildman–Crippen MR) is 107 cm³/mol. The number of sulfonamides is 1. The van der Waals surface area contributed by atoms with Crippen molar-refractivity contribution in [1.82, 2.24) is 4.90 Å². The zero-order valence-corrected chi connectivity index (χ0v) is 16.5. The Kier molecular flexibility index (Phi) is 7.82. The maximum absolute atomic E-state index is 13.0. The van der Waals surface area contributed by atoms with Crippen molar-refractivity contribution in [3.8, 4) is 0 Å². The van der Waals surface area contributed by atoms with Crippen LogP contribution in [0, 0.1) is 0 Å². The van der Waals surface area contributed by atoms with Gasteiger partial charge < -0.3 is 9.64 Å². The quantitative estimate of drug-likeness (QED) is 0.676. The van der Waals surface area contributed by atoms with E-state index in [-0.39, 0.29) is 11.7 Å². The van der Waals surface area contributed by atoms with Gasteiger partial charge in [-0.2, -0.15) is 0 Å². The minimum Gasteiger partial charge on any atom is -0.383 e. The summed E-state index contributed by atoms with van der Waals surface area (Å²) in [4.78, 5) is 14.7. The van der Waals surface area contributed by atoms with Crippen LogP contribution >= 0.6 is 0 Å². The van der Waals surface area contributed by atoms with Gasteiger partial charge in [0.05, 0.1) is 12.4 Å². The highest BCUT2D eigenvalue weighted by Gasteiger charge is 2.17. The SMILES string of the molecule is CCCS(=O)(=O)Nc1cccc(C(=O)N(CCOC)Cc2ccccc2)c1. The van der Waals surface area contributed by atoms with E-state index in [1.54, 1.807) is 43.2 Å². The van der Waals surface area contributed by atoms with E-state index in [1.165, 1.54) is 0 Å². The molecule has 0 radical (unpaired) electrons. The highest BCUT2D eigenvalue weighted by atomic mass is 32.2. The summed E-state index contributed by atoms with van der Waals surface area (Å²) in [5, 5.41) is 0. The Balaban J connectivity index is 2.20. The summed E-state index contributed by atoms with van der Waals surface area (Å²) < 4.78 is 31.6. The largest absolute Gasteiger partial charge is 0.383 e. The summed E-state index contributed by atoms with van der Waals surface area (Å²) in [7, 11) is -1.81. The molecule has 2 rings (SSSR count). The van der Waals surface area contributed by atoms with E-state index in [4.69, 9.17) is 4.74 Å². The smallest absolute Gasteiger partial charge is 0.254 e. The minimum absolute atomic E-state index is 0.0408. The number of nitrogens with zero attached hydrogens (tertiary/aromatic N) is 1. The van der Waals surface area contributed by atoms with Gasteiger partial charge in [0.2, 0.25) is 10.0 Å². The van der Waals surface area contributed by atoms with Crippen molar-refractivity contribution >= 4 is 21.6 Å². The first kappa shape index (κ1) is 20.9. The lowest BCUT2D eigenvalue weighted by Gasteiger charge is -2.23. The molecule has 2 aromatic carbocycles. The third-order valence-corrected chi connectivity index (χ3v) is 5.42. The normalized spacial score (nSPS) is 11.2. The summed E-state index contributed by atoms with van der Waals surface area (Å²) >= 11 is 0. The topological polar surface area (TPSA) is 75.7 Å². The van der Waals surface area contributed by atoms with Crippen LogP contribution in [0.15, 0.2) is 54.6 Å². The molecule has 1 N–H and O–H groups in total. The summed E-state index contributed by atoms with van der Waals surface area (Å²) in [5.74, 6) is -0.133. The molecular formula is C20H26N2O4S. The highest BCUT2D eigenvalue weighted by Crippen LogP contribution is 2.16. The molecule has 2 aromatic rings.